The molecule has 18 heavy (non-hydrogen) atoms. The van der Waals surface area contributed by atoms with E-state index in [0.717, 1.165) is 36.3 Å². The Hall–Kier alpha value is -1.39. The molecule has 0 bridgehead atoms. The highest BCUT2D eigenvalue weighted by Gasteiger charge is 2.22. The van der Waals surface area contributed by atoms with Gasteiger partial charge in [0.05, 0.1) is 6.04 Å². The van der Waals surface area contributed by atoms with Gasteiger partial charge in [-0.2, -0.15) is 4.98 Å². The van der Waals surface area contributed by atoms with Crippen LogP contribution in [0.3, 0.4) is 0 Å². The predicted molar refractivity (Wildman–Crippen MR) is 69.5 cm³/mol. The third-order valence-corrected chi connectivity index (χ3v) is 3.48. The van der Waals surface area contributed by atoms with E-state index in [1.807, 2.05) is 25.1 Å². The number of aromatic nitrogens is 2. The van der Waals surface area contributed by atoms with E-state index in [0.29, 0.717) is 10.9 Å². The Bertz CT molecular complexity index is 561. The lowest BCUT2D eigenvalue weighted by molar-refractivity contribution is 0.412. The van der Waals surface area contributed by atoms with E-state index in [4.69, 9.17) is 16.1 Å². The smallest absolute Gasteiger partial charge is 0.258 e. The van der Waals surface area contributed by atoms with E-state index in [9.17, 15) is 0 Å². The molecule has 0 radical (unpaired) electrons. The zero-order valence-corrected chi connectivity index (χ0v) is 10.9. The van der Waals surface area contributed by atoms with E-state index in [1.165, 1.54) is 0 Å². The third-order valence-electron chi connectivity index (χ3n) is 3.24. The molecule has 2 aromatic rings. The molecule has 1 aromatic heterocycles. The Kier molecular flexibility index (Phi) is 3.06. The van der Waals surface area contributed by atoms with Gasteiger partial charge in [0.1, 0.15) is 0 Å². The second kappa shape index (κ2) is 4.71. The van der Waals surface area contributed by atoms with Crippen LogP contribution in [0.2, 0.25) is 5.02 Å². The summed E-state index contributed by atoms with van der Waals surface area (Å²) in [4.78, 5) is 4.47. The normalized spacial score (nSPS) is 19.3. The molecule has 94 valence electrons. The van der Waals surface area contributed by atoms with Crippen molar-refractivity contribution in [2.45, 2.75) is 25.8 Å². The molecule has 1 unspecified atom stereocenters. The number of halogens is 1. The Morgan fingerprint density at radius 1 is 1.44 bits per heavy atom. The van der Waals surface area contributed by atoms with Crippen molar-refractivity contribution in [1.29, 1.82) is 0 Å². The molecular weight excluding hydrogens is 250 g/mol. The summed E-state index contributed by atoms with van der Waals surface area (Å²) < 4.78 is 5.34. The zero-order valence-electron chi connectivity index (χ0n) is 10.1. The molecule has 1 aromatic carbocycles. The average Bonchev–Trinajstić information content (AvgIpc) is 3.00. The Labute approximate surface area is 110 Å². The summed E-state index contributed by atoms with van der Waals surface area (Å²) in [5.41, 5.74) is 1.98. The summed E-state index contributed by atoms with van der Waals surface area (Å²) >= 11 is 6.00. The second-order valence-electron chi connectivity index (χ2n) is 4.57. The molecule has 0 saturated carbocycles. The van der Waals surface area contributed by atoms with Crippen LogP contribution < -0.4 is 5.32 Å². The van der Waals surface area contributed by atoms with Crippen LogP contribution in [0, 0.1) is 6.92 Å². The SMILES string of the molecule is Cc1ccc(Cl)cc1-c1nc(C2CCCN2)no1. The van der Waals surface area contributed by atoms with Gasteiger partial charge in [0.25, 0.3) is 5.89 Å². The molecule has 3 rings (SSSR count). The molecule has 0 spiro atoms. The van der Waals surface area contributed by atoms with Crippen molar-refractivity contribution < 1.29 is 4.52 Å². The molecule has 1 N–H and O–H groups in total. The summed E-state index contributed by atoms with van der Waals surface area (Å²) in [6.45, 7) is 3.02. The summed E-state index contributed by atoms with van der Waals surface area (Å²) in [6.07, 6.45) is 2.22. The Balaban J connectivity index is 1.94. The Morgan fingerprint density at radius 2 is 2.33 bits per heavy atom. The minimum atomic E-state index is 0.224. The van der Waals surface area contributed by atoms with Crippen LogP contribution >= 0.6 is 11.6 Å². The Morgan fingerprint density at radius 3 is 3.11 bits per heavy atom. The molecule has 1 atom stereocenters. The summed E-state index contributed by atoms with van der Waals surface area (Å²) in [5, 5.41) is 8.08. The van der Waals surface area contributed by atoms with E-state index in [-0.39, 0.29) is 6.04 Å². The van der Waals surface area contributed by atoms with Gasteiger partial charge < -0.3 is 9.84 Å². The largest absolute Gasteiger partial charge is 0.334 e. The molecule has 1 saturated heterocycles. The number of benzene rings is 1. The molecule has 1 aliphatic rings. The first-order valence-corrected chi connectivity index (χ1v) is 6.45. The minimum Gasteiger partial charge on any atom is -0.334 e. The van der Waals surface area contributed by atoms with Crippen molar-refractivity contribution in [2.75, 3.05) is 6.54 Å². The van der Waals surface area contributed by atoms with Gasteiger partial charge >= 0.3 is 0 Å². The van der Waals surface area contributed by atoms with E-state index in [2.05, 4.69) is 15.5 Å². The molecule has 1 aliphatic heterocycles. The van der Waals surface area contributed by atoms with Gasteiger partial charge in [-0.15, -0.1) is 0 Å². The van der Waals surface area contributed by atoms with Crippen LogP contribution in [0.5, 0.6) is 0 Å². The maximum Gasteiger partial charge on any atom is 0.258 e. The van der Waals surface area contributed by atoms with Crippen molar-refractivity contribution in [3.8, 4) is 11.5 Å². The highest BCUT2D eigenvalue weighted by molar-refractivity contribution is 6.30. The topological polar surface area (TPSA) is 51.0 Å². The molecule has 4 nitrogen and oxygen atoms in total. The van der Waals surface area contributed by atoms with Crippen LogP contribution in [0.4, 0.5) is 0 Å². The number of nitrogens with one attached hydrogen (secondary N) is 1. The lowest BCUT2D eigenvalue weighted by Gasteiger charge is -2.02. The molecular formula is C13H14ClN3O. The average molecular weight is 264 g/mol. The number of rotatable bonds is 2. The van der Waals surface area contributed by atoms with Crippen LogP contribution in [-0.2, 0) is 0 Å². The van der Waals surface area contributed by atoms with Gasteiger partial charge in [0.15, 0.2) is 5.82 Å². The van der Waals surface area contributed by atoms with Gasteiger partial charge in [0, 0.05) is 10.6 Å². The number of nitrogens with zero attached hydrogens (tertiary/aromatic N) is 2. The predicted octanol–water partition coefficient (Wildman–Crippen LogP) is 3.12. The van der Waals surface area contributed by atoms with Gasteiger partial charge in [0.2, 0.25) is 0 Å². The summed E-state index contributed by atoms with van der Waals surface area (Å²) in [7, 11) is 0. The van der Waals surface area contributed by atoms with Crippen LogP contribution in [0.25, 0.3) is 11.5 Å². The fourth-order valence-corrected chi connectivity index (χ4v) is 2.39. The van der Waals surface area contributed by atoms with Gasteiger partial charge in [-0.25, -0.2) is 0 Å². The number of aryl methyl sites for hydroxylation is 1. The van der Waals surface area contributed by atoms with E-state index < -0.39 is 0 Å². The first kappa shape index (κ1) is 11.7. The van der Waals surface area contributed by atoms with Crippen molar-refractivity contribution in [3.05, 3.63) is 34.6 Å². The maximum absolute atomic E-state index is 6.00. The third kappa shape index (κ3) is 2.13. The maximum atomic E-state index is 6.00. The fourth-order valence-electron chi connectivity index (χ4n) is 2.22. The van der Waals surface area contributed by atoms with Crippen molar-refractivity contribution in [3.63, 3.8) is 0 Å². The highest BCUT2D eigenvalue weighted by atomic mass is 35.5. The van der Waals surface area contributed by atoms with Gasteiger partial charge in [-0.1, -0.05) is 22.8 Å². The van der Waals surface area contributed by atoms with Crippen molar-refractivity contribution in [1.82, 2.24) is 15.5 Å². The first-order chi connectivity index (χ1) is 8.74. The lowest BCUT2D eigenvalue weighted by Crippen LogP contribution is -2.14. The first-order valence-electron chi connectivity index (χ1n) is 6.07. The van der Waals surface area contributed by atoms with E-state index >= 15 is 0 Å². The highest BCUT2D eigenvalue weighted by Crippen LogP contribution is 2.27. The van der Waals surface area contributed by atoms with Gasteiger partial charge in [-0.05, 0) is 44.0 Å². The van der Waals surface area contributed by atoms with Crippen LogP contribution in [-0.4, -0.2) is 16.7 Å². The fraction of sp³-hybridized carbons (Fsp3) is 0.385. The van der Waals surface area contributed by atoms with Gasteiger partial charge in [-0.3, -0.25) is 0 Å². The molecule has 2 heterocycles. The van der Waals surface area contributed by atoms with Crippen molar-refractivity contribution >= 4 is 11.6 Å². The van der Waals surface area contributed by atoms with Crippen LogP contribution in [0.15, 0.2) is 22.7 Å². The number of hydrogen-bond donors (Lipinski definition) is 1. The van der Waals surface area contributed by atoms with Crippen molar-refractivity contribution in [2.24, 2.45) is 0 Å². The molecule has 1 fully saturated rings. The monoisotopic (exact) mass is 263 g/mol. The summed E-state index contributed by atoms with van der Waals surface area (Å²) in [6, 6.07) is 5.89. The van der Waals surface area contributed by atoms with Crippen LogP contribution in [0.1, 0.15) is 30.3 Å². The molecule has 5 heteroatoms. The summed E-state index contributed by atoms with van der Waals surface area (Å²) in [5.74, 6) is 1.28. The zero-order chi connectivity index (χ0) is 12.5. The lowest BCUT2D eigenvalue weighted by atomic mass is 10.1. The second-order valence-corrected chi connectivity index (χ2v) is 5.00. The minimum absolute atomic E-state index is 0.224. The molecule has 0 amide bonds. The quantitative estimate of drug-likeness (QED) is 0.904. The number of hydrogen-bond acceptors (Lipinski definition) is 4. The standard InChI is InChI=1S/C13H14ClN3O/c1-8-4-5-9(14)7-10(8)13-16-12(17-18-13)11-3-2-6-15-11/h4-5,7,11,15H,2-3,6H2,1H3. The van der Waals surface area contributed by atoms with E-state index in [1.54, 1.807) is 0 Å². The molecule has 0 aliphatic carbocycles.